The largest absolute Gasteiger partial charge is 0.370 e. The molecule has 0 aliphatic rings. The predicted octanol–water partition coefficient (Wildman–Crippen LogP) is 5.65. The van der Waals surface area contributed by atoms with Gasteiger partial charge in [0, 0.05) is 5.41 Å². The molecule has 3 aromatic carbocycles. The van der Waals surface area contributed by atoms with Crippen molar-refractivity contribution in [3.05, 3.63) is 90.5 Å². The lowest BCUT2D eigenvalue weighted by Gasteiger charge is -2.34. The molecule has 0 N–H and O–H groups in total. The molecule has 0 fully saturated rings. The molecule has 4 heteroatoms. The molecule has 4 rings (SSSR count). The van der Waals surface area contributed by atoms with Gasteiger partial charge in [-0.1, -0.05) is 74.5 Å². The fraction of sp³-hybridized carbons (Fsp3) is 0.280. The Morgan fingerprint density at radius 2 is 1.52 bits per heavy atom. The molecule has 1 heterocycles. The van der Waals surface area contributed by atoms with Crippen LogP contribution in [0.4, 0.5) is 0 Å². The first-order valence-electron chi connectivity index (χ1n) is 9.95. The number of para-hydroxylation sites is 1. The van der Waals surface area contributed by atoms with E-state index in [1.54, 1.807) is 12.7 Å². The molecule has 0 spiro atoms. The average Bonchev–Trinajstić information content (AvgIpc) is 3.27. The van der Waals surface area contributed by atoms with Crippen molar-refractivity contribution in [3.63, 3.8) is 0 Å². The van der Waals surface area contributed by atoms with E-state index in [2.05, 4.69) is 98.4 Å². The van der Waals surface area contributed by atoms with Crippen LogP contribution in [-0.4, -0.2) is 21.4 Å². The van der Waals surface area contributed by atoms with E-state index in [1.807, 2.05) is 10.7 Å². The third-order valence-electron chi connectivity index (χ3n) is 5.53. The molecule has 0 aliphatic heterocycles. The van der Waals surface area contributed by atoms with E-state index < -0.39 is 5.60 Å². The molecule has 4 aromatic rings. The summed E-state index contributed by atoms with van der Waals surface area (Å²) >= 11 is 0. The summed E-state index contributed by atoms with van der Waals surface area (Å²) in [6.07, 6.45) is 3.29. The first kappa shape index (κ1) is 19.3. The summed E-state index contributed by atoms with van der Waals surface area (Å²) in [6.45, 7) is 9.29. The Labute approximate surface area is 172 Å². The van der Waals surface area contributed by atoms with E-state index >= 15 is 0 Å². The van der Waals surface area contributed by atoms with Crippen LogP contribution >= 0.6 is 0 Å². The van der Waals surface area contributed by atoms with Crippen molar-refractivity contribution in [2.24, 2.45) is 0 Å². The third-order valence-corrected chi connectivity index (χ3v) is 5.53. The maximum Gasteiger partial charge on any atom is 0.138 e. The van der Waals surface area contributed by atoms with Gasteiger partial charge in [0.05, 0.1) is 17.9 Å². The Hall–Kier alpha value is -2.98. The predicted molar refractivity (Wildman–Crippen MR) is 117 cm³/mol. The SMILES string of the molecule is CC(C)(COC(C)(C)c1cccc2ccccc12)c1ccccc1-n1cncn1. The number of fused-ring (bicyclic) bond motifs is 1. The van der Waals surface area contributed by atoms with Crippen molar-refractivity contribution in [1.82, 2.24) is 14.8 Å². The van der Waals surface area contributed by atoms with E-state index in [0.717, 1.165) is 5.69 Å². The molecule has 0 saturated carbocycles. The third kappa shape index (κ3) is 3.81. The first-order chi connectivity index (χ1) is 13.9. The summed E-state index contributed by atoms with van der Waals surface area (Å²) < 4.78 is 8.38. The van der Waals surface area contributed by atoms with Crippen molar-refractivity contribution in [1.29, 1.82) is 0 Å². The minimum Gasteiger partial charge on any atom is -0.370 e. The van der Waals surface area contributed by atoms with Gasteiger partial charge in [-0.15, -0.1) is 0 Å². The molecule has 0 unspecified atom stereocenters. The summed E-state index contributed by atoms with van der Waals surface area (Å²) in [5, 5.41) is 6.79. The van der Waals surface area contributed by atoms with Crippen molar-refractivity contribution in [3.8, 4) is 5.69 Å². The Kier molecular flexibility index (Phi) is 4.97. The minimum atomic E-state index is -0.416. The Morgan fingerprint density at radius 1 is 0.828 bits per heavy atom. The second-order valence-corrected chi connectivity index (χ2v) is 8.57. The number of benzene rings is 3. The van der Waals surface area contributed by atoms with Gasteiger partial charge in [-0.3, -0.25) is 0 Å². The summed E-state index contributed by atoms with van der Waals surface area (Å²) in [6, 6.07) is 23.2. The molecule has 0 amide bonds. The lowest BCUT2D eigenvalue weighted by molar-refractivity contribution is -0.0414. The molecule has 29 heavy (non-hydrogen) atoms. The molecule has 4 nitrogen and oxygen atoms in total. The van der Waals surface area contributed by atoms with E-state index in [0.29, 0.717) is 6.61 Å². The van der Waals surface area contributed by atoms with Gasteiger partial charge in [0.15, 0.2) is 0 Å². The number of hydrogen-bond donors (Lipinski definition) is 0. The molecular formula is C25H27N3O. The smallest absolute Gasteiger partial charge is 0.138 e. The van der Waals surface area contributed by atoms with Gasteiger partial charge in [-0.25, -0.2) is 9.67 Å². The highest BCUT2D eigenvalue weighted by atomic mass is 16.5. The van der Waals surface area contributed by atoms with Crippen molar-refractivity contribution >= 4 is 10.8 Å². The molecule has 0 radical (unpaired) electrons. The fourth-order valence-electron chi connectivity index (χ4n) is 3.85. The standard InChI is InChI=1S/C25H27N3O/c1-24(2,22-13-7-8-15-23(22)28-18-26-17-27-28)16-29-25(3,4)21-14-9-11-19-10-5-6-12-20(19)21/h5-15,17-18H,16H2,1-4H3. The van der Waals surface area contributed by atoms with Gasteiger partial charge in [0.1, 0.15) is 12.7 Å². The lowest BCUT2D eigenvalue weighted by Crippen LogP contribution is -2.32. The molecule has 0 aliphatic carbocycles. The van der Waals surface area contributed by atoms with E-state index in [9.17, 15) is 0 Å². The Balaban J connectivity index is 1.63. The molecule has 1 aromatic heterocycles. The van der Waals surface area contributed by atoms with Crippen LogP contribution in [0.25, 0.3) is 16.5 Å². The normalized spacial score (nSPS) is 12.4. The zero-order valence-electron chi connectivity index (χ0n) is 17.5. The number of rotatable bonds is 6. The average molecular weight is 386 g/mol. The van der Waals surface area contributed by atoms with Crippen LogP contribution in [0.15, 0.2) is 79.4 Å². The van der Waals surface area contributed by atoms with Crippen molar-refractivity contribution in [2.45, 2.75) is 38.7 Å². The van der Waals surface area contributed by atoms with Crippen LogP contribution in [0.2, 0.25) is 0 Å². The topological polar surface area (TPSA) is 39.9 Å². The van der Waals surface area contributed by atoms with Gasteiger partial charge in [-0.2, -0.15) is 5.10 Å². The highest BCUT2D eigenvalue weighted by Gasteiger charge is 2.30. The van der Waals surface area contributed by atoms with Crippen LogP contribution in [0.3, 0.4) is 0 Å². The summed E-state index contributed by atoms with van der Waals surface area (Å²) in [5.74, 6) is 0. The minimum absolute atomic E-state index is 0.204. The zero-order chi connectivity index (χ0) is 20.5. The second kappa shape index (κ2) is 7.45. The van der Waals surface area contributed by atoms with Crippen LogP contribution < -0.4 is 0 Å². The summed E-state index contributed by atoms with van der Waals surface area (Å²) in [5.41, 5.74) is 2.79. The van der Waals surface area contributed by atoms with E-state index in [4.69, 9.17) is 4.74 Å². The number of nitrogens with zero attached hydrogens (tertiary/aromatic N) is 3. The molecular weight excluding hydrogens is 358 g/mol. The van der Waals surface area contributed by atoms with Crippen molar-refractivity contribution < 1.29 is 4.74 Å². The first-order valence-corrected chi connectivity index (χ1v) is 9.95. The van der Waals surface area contributed by atoms with Gasteiger partial charge >= 0.3 is 0 Å². The van der Waals surface area contributed by atoms with Crippen LogP contribution in [0.1, 0.15) is 38.8 Å². The Bertz CT molecular complexity index is 1110. The number of ether oxygens (including phenoxy) is 1. The number of aromatic nitrogens is 3. The van der Waals surface area contributed by atoms with Gasteiger partial charge in [0.25, 0.3) is 0 Å². The lowest BCUT2D eigenvalue weighted by atomic mass is 9.83. The fourth-order valence-corrected chi connectivity index (χ4v) is 3.85. The molecule has 0 saturated heterocycles. The molecule has 148 valence electrons. The molecule has 0 atom stereocenters. The van der Waals surface area contributed by atoms with Crippen LogP contribution in [0.5, 0.6) is 0 Å². The van der Waals surface area contributed by atoms with Gasteiger partial charge in [0.2, 0.25) is 0 Å². The quantitative estimate of drug-likeness (QED) is 0.430. The summed E-state index contributed by atoms with van der Waals surface area (Å²) in [7, 11) is 0. The maximum absolute atomic E-state index is 6.57. The number of hydrogen-bond acceptors (Lipinski definition) is 3. The maximum atomic E-state index is 6.57. The van der Waals surface area contributed by atoms with E-state index in [1.165, 1.54) is 21.9 Å². The van der Waals surface area contributed by atoms with Crippen LogP contribution in [-0.2, 0) is 15.8 Å². The van der Waals surface area contributed by atoms with Gasteiger partial charge < -0.3 is 4.74 Å². The highest BCUT2D eigenvalue weighted by Crippen LogP contribution is 2.35. The highest BCUT2D eigenvalue weighted by molar-refractivity contribution is 5.86. The summed E-state index contributed by atoms with van der Waals surface area (Å²) in [4.78, 5) is 4.10. The van der Waals surface area contributed by atoms with Crippen molar-refractivity contribution in [2.75, 3.05) is 6.61 Å². The monoisotopic (exact) mass is 385 g/mol. The van der Waals surface area contributed by atoms with E-state index in [-0.39, 0.29) is 5.41 Å². The zero-order valence-corrected chi connectivity index (χ0v) is 17.5. The second-order valence-electron chi connectivity index (χ2n) is 8.57. The Morgan fingerprint density at radius 3 is 2.31 bits per heavy atom. The van der Waals surface area contributed by atoms with Crippen LogP contribution in [0, 0.1) is 0 Å². The molecule has 0 bridgehead atoms. The van der Waals surface area contributed by atoms with Gasteiger partial charge in [-0.05, 0) is 41.8 Å².